The third-order valence-electron chi connectivity index (χ3n) is 4.05. The second-order valence-corrected chi connectivity index (χ2v) is 8.92. The monoisotopic (exact) mass is 390 g/mol. The predicted octanol–water partition coefficient (Wildman–Crippen LogP) is 3.69. The first-order chi connectivity index (χ1) is 12.2. The van der Waals surface area contributed by atoms with Crippen molar-refractivity contribution >= 4 is 26.5 Å². The van der Waals surface area contributed by atoms with Gasteiger partial charge in [-0.05, 0) is 58.0 Å². The Morgan fingerprint density at radius 2 is 1.85 bits per heavy atom. The van der Waals surface area contributed by atoms with Gasteiger partial charge in [0.05, 0.1) is 10.6 Å². The number of sulfonamides is 1. The van der Waals surface area contributed by atoms with Crippen LogP contribution in [0, 0.1) is 13.8 Å². The van der Waals surface area contributed by atoms with Gasteiger partial charge < -0.3 is 9.88 Å². The van der Waals surface area contributed by atoms with Crippen molar-refractivity contribution in [3.63, 3.8) is 0 Å². The molecule has 0 unspecified atom stereocenters. The normalized spacial score (nSPS) is 11.9. The topological polar surface area (TPSA) is 90.0 Å². The molecule has 0 saturated carbocycles. The number of hydrogen-bond acceptors (Lipinski definition) is 5. The van der Waals surface area contributed by atoms with E-state index in [9.17, 15) is 8.42 Å². The smallest absolute Gasteiger partial charge is 0.238 e. The molecule has 3 N–H and O–H groups in total. The quantitative estimate of drug-likeness (QED) is 0.695. The largest absolute Gasteiger partial charge is 0.359 e. The maximum Gasteiger partial charge on any atom is 0.238 e. The number of anilines is 1. The Morgan fingerprint density at radius 1 is 1.19 bits per heavy atom. The van der Waals surface area contributed by atoms with Gasteiger partial charge in [0.1, 0.15) is 0 Å². The van der Waals surface area contributed by atoms with Crippen molar-refractivity contribution in [2.45, 2.75) is 38.6 Å². The maximum atomic E-state index is 11.4. The number of rotatable bonds is 5. The summed E-state index contributed by atoms with van der Waals surface area (Å²) < 4.78 is 25.0. The SMILES string of the molecule is Cc1cc(-c2csc(NC(C)C)n2)c(C)n1-c1ccc(S(N)(=O)=O)cc1. The predicted molar refractivity (Wildman–Crippen MR) is 106 cm³/mol. The van der Waals surface area contributed by atoms with Gasteiger partial charge in [-0.15, -0.1) is 11.3 Å². The summed E-state index contributed by atoms with van der Waals surface area (Å²) in [4.78, 5) is 4.78. The minimum Gasteiger partial charge on any atom is -0.359 e. The first kappa shape index (κ1) is 18.6. The molecule has 0 saturated heterocycles. The van der Waals surface area contributed by atoms with Crippen molar-refractivity contribution in [3.8, 4) is 16.9 Å². The summed E-state index contributed by atoms with van der Waals surface area (Å²) in [5.74, 6) is 0. The van der Waals surface area contributed by atoms with Crippen LogP contribution in [0.1, 0.15) is 25.2 Å². The van der Waals surface area contributed by atoms with Gasteiger partial charge in [-0.1, -0.05) is 0 Å². The minimum atomic E-state index is -3.69. The first-order valence-corrected chi connectivity index (χ1v) is 10.6. The van der Waals surface area contributed by atoms with E-state index in [0.29, 0.717) is 6.04 Å². The number of hydrogen-bond donors (Lipinski definition) is 2. The average Bonchev–Trinajstić information content (AvgIpc) is 3.10. The summed E-state index contributed by atoms with van der Waals surface area (Å²) in [5.41, 5.74) is 4.97. The van der Waals surface area contributed by atoms with Crippen LogP contribution < -0.4 is 10.5 Å². The van der Waals surface area contributed by atoms with Crippen LogP contribution in [0.4, 0.5) is 5.13 Å². The second kappa shape index (κ2) is 6.86. The number of aromatic nitrogens is 2. The van der Waals surface area contributed by atoms with E-state index in [2.05, 4.69) is 34.8 Å². The molecule has 0 bridgehead atoms. The van der Waals surface area contributed by atoms with E-state index in [4.69, 9.17) is 5.14 Å². The zero-order valence-corrected chi connectivity index (χ0v) is 16.8. The van der Waals surface area contributed by atoms with Gasteiger partial charge in [0, 0.05) is 34.1 Å². The van der Waals surface area contributed by atoms with Gasteiger partial charge in [0.25, 0.3) is 0 Å². The highest BCUT2D eigenvalue weighted by Crippen LogP contribution is 2.32. The van der Waals surface area contributed by atoms with Crippen LogP contribution in [-0.4, -0.2) is 24.0 Å². The molecule has 2 aromatic heterocycles. The van der Waals surface area contributed by atoms with E-state index in [1.54, 1.807) is 23.5 Å². The van der Waals surface area contributed by atoms with Gasteiger partial charge in [-0.3, -0.25) is 0 Å². The van der Waals surface area contributed by atoms with Crippen LogP contribution in [0.15, 0.2) is 40.6 Å². The molecule has 6 nitrogen and oxygen atoms in total. The Morgan fingerprint density at radius 3 is 2.42 bits per heavy atom. The molecular formula is C18H22N4O2S2. The second-order valence-electron chi connectivity index (χ2n) is 6.50. The highest BCUT2D eigenvalue weighted by molar-refractivity contribution is 7.89. The Kier molecular flexibility index (Phi) is 4.92. The number of aryl methyl sites for hydroxylation is 1. The van der Waals surface area contributed by atoms with Crippen molar-refractivity contribution in [3.05, 3.63) is 47.1 Å². The van der Waals surface area contributed by atoms with Crippen LogP contribution in [-0.2, 0) is 10.0 Å². The Balaban J connectivity index is 1.99. The van der Waals surface area contributed by atoms with Crippen LogP contribution in [0.5, 0.6) is 0 Å². The molecule has 8 heteroatoms. The summed E-state index contributed by atoms with van der Waals surface area (Å²) in [6.45, 7) is 8.21. The number of nitrogens with zero attached hydrogens (tertiary/aromatic N) is 2. The van der Waals surface area contributed by atoms with E-state index in [-0.39, 0.29) is 4.90 Å². The average molecular weight is 391 g/mol. The Bertz CT molecular complexity index is 1030. The molecule has 3 rings (SSSR count). The molecule has 0 spiro atoms. The molecule has 0 atom stereocenters. The van der Waals surface area contributed by atoms with Crippen LogP contribution in [0.2, 0.25) is 0 Å². The van der Waals surface area contributed by atoms with Gasteiger partial charge >= 0.3 is 0 Å². The van der Waals surface area contributed by atoms with E-state index >= 15 is 0 Å². The molecule has 0 fully saturated rings. The Labute approximate surface area is 157 Å². The summed E-state index contributed by atoms with van der Waals surface area (Å²) in [7, 11) is -3.69. The van der Waals surface area contributed by atoms with Crippen LogP contribution in [0.25, 0.3) is 16.9 Å². The van der Waals surface area contributed by atoms with E-state index in [1.165, 1.54) is 12.1 Å². The lowest BCUT2D eigenvalue weighted by molar-refractivity contribution is 0.598. The molecule has 0 aliphatic rings. The molecule has 2 heterocycles. The summed E-state index contributed by atoms with van der Waals surface area (Å²) in [5, 5.41) is 11.4. The lowest BCUT2D eigenvalue weighted by atomic mass is 10.2. The first-order valence-electron chi connectivity index (χ1n) is 8.21. The fourth-order valence-electron chi connectivity index (χ4n) is 2.92. The van der Waals surface area contributed by atoms with Crippen molar-refractivity contribution in [1.82, 2.24) is 9.55 Å². The minimum absolute atomic E-state index is 0.104. The number of thiazole rings is 1. The molecule has 26 heavy (non-hydrogen) atoms. The lowest BCUT2D eigenvalue weighted by Gasteiger charge is -2.10. The number of primary sulfonamides is 1. The molecule has 0 aliphatic heterocycles. The van der Waals surface area contributed by atoms with Crippen molar-refractivity contribution in [1.29, 1.82) is 0 Å². The van der Waals surface area contributed by atoms with Gasteiger partial charge in [-0.25, -0.2) is 18.5 Å². The van der Waals surface area contributed by atoms with Crippen molar-refractivity contribution < 1.29 is 8.42 Å². The third-order valence-corrected chi connectivity index (χ3v) is 5.75. The third kappa shape index (κ3) is 3.67. The summed E-state index contributed by atoms with van der Waals surface area (Å²) in [6.07, 6.45) is 0. The highest BCUT2D eigenvalue weighted by Gasteiger charge is 2.16. The summed E-state index contributed by atoms with van der Waals surface area (Å²) in [6, 6.07) is 9.00. The highest BCUT2D eigenvalue weighted by atomic mass is 32.2. The van der Waals surface area contributed by atoms with Gasteiger partial charge in [0.15, 0.2) is 5.13 Å². The van der Waals surface area contributed by atoms with Gasteiger partial charge in [-0.2, -0.15) is 0 Å². The van der Waals surface area contributed by atoms with Crippen molar-refractivity contribution in [2.24, 2.45) is 5.14 Å². The molecule has 1 aromatic carbocycles. The molecule has 0 radical (unpaired) electrons. The van der Waals surface area contributed by atoms with Gasteiger partial charge in [0.2, 0.25) is 10.0 Å². The fraction of sp³-hybridized carbons (Fsp3) is 0.278. The zero-order valence-electron chi connectivity index (χ0n) is 15.1. The molecule has 138 valence electrons. The van der Waals surface area contributed by atoms with Crippen molar-refractivity contribution in [2.75, 3.05) is 5.32 Å². The number of nitrogens with two attached hydrogens (primary N) is 1. The fourth-order valence-corrected chi connectivity index (χ4v) is 4.29. The van der Waals surface area contributed by atoms with E-state index < -0.39 is 10.0 Å². The van der Waals surface area contributed by atoms with E-state index in [1.807, 2.05) is 19.2 Å². The molecule has 0 amide bonds. The summed E-state index contributed by atoms with van der Waals surface area (Å²) >= 11 is 1.58. The van der Waals surface area contributed by atoms with Crippen LogP contribution >= 0.6 is 11.3 Å². The maximum absolute atomic E-state index is 11.4. The number of benzene rings is 1. The lowest BCUT2D eigenvalue weighted by Crippen LogP contribution is -2.12. The number of nitrogens with one attached hydrogen (secondary N) is 1. The molecule has 0 aliphatic carbocycles. The van der Waals surface area contributed by atoms with Crippen LogP contribution in [0.3, 0.4) is 0 Å². The molecular weight excluding hydrogens is 368 g/mol. The van der Waals surface area contributed by atoms with E-state index in [0.717, 1.165) is 33.5 Å². The zero-order chi connectivity index (χ0) is 19.1. The molecule has 3 aromatic rings. The standard InChI is InChI=1S/C18H22N4O2S2/c1-11(2)20-18-21-17(10-25-18)16-9-12(3)22(13(16)4)14-5-7-15(8-6-14)26(19,23)24/h5-11H,1-4H3,(H,20,21)(H2,19,23,24). The Hall–Kier alpha value is -2.16.